The first-order valence-corrected chi connectivity index (χ1v) is 8.11. The lowest BCUT2D eigenvalue weighted by Gasteiger charge is -2.21. The molecular weight excluding hydrogens is 322 g/mol. The maximum atomic E-state index is 12.2. The summed E-state index contributed by atoms with van der Waals surface area (Å²) >= 11 is 7.25. The Morgan fingerprint density at radius 3 is 2.64 bits per heavy atom. The normalized spacial score (nSPS) is 12.5. The Morgan fingerprint density at radius 2 is 2.05 bits per heavy atom. The predicted molar refractivity (Wildman–Crippen MR) is 87.9 cm³/mol. The molecule has 0 saturated carbocycles. The molecule has 5 nitrogen and oxygen atoms in total. The topological polar surface area (TPSA) is 59.2 Å². The van der Waals surface area contributed by atoms with Gasteiger partial charge < -0.3 is 9.32 Å². The minimum absolute atomic E-state index is 0.0301. The van der Waals surface area contributed by atoms with Crippen LogP contribution < -0.4 is 0 Å². The Morgan fingerprint density at radius 1 is 1.32 bits per heavy atom. The predicted octanol–water partition coefficient (Wildman–Crippen LogP) is 3.59. The minimum atomic E-state index is -0.261. The lowest BCUT2D eigenvalue weighted by molar-refractivity contribution is -0.128. The molecule has 22 heavy (non-hydrogen) atoms. The molecule has 2 aromatic rings. The molecule has 1 aromatic heterocycles. The van der Waals surface area contributed by atoms with Gasteiger partial charge >= 0.3 is 0 Å². The van der Waals surface area contributed by atoms with Gasteiger partial charge in [-0.05, 0) is 24.1 Å². The van der Waals surface area contributed by atoms with E-state index < -0.39 is 0 Å². The lowest BCUT2D eigenvalue weighted by Crippen LogP contribution is -2.34. The molecule has 0 fully saturated rings. The van der Waals surface area contributed by atoms with E-state index >= 15 is 0 Å². The van der Waals surface area contributed by atoms with Crippen LogP contribution in [-0.4, -0.2) is 40.3 Å². The summed E-state index contributed by atoms with van der Waals surface area (Å²) in [5.74, 6) is 0.578. The summed E-state index contributed by atoms with van der Waals surface area (Å²) in [4.78, 5) is 13.8. The fourth-order valence-corrected chi connectivity index (χ4v) is 3.04. The summed E-state index contributed by atoms with van der Waals surface area (Å²) in [5, 5.41) is 8.76. The van der Waals surface area contributed by atoms with Gasteiger partial charge in [0.15, 0.2) is 0 Å². The number of halogens is 1. The van der Waals surface area contributed by atoms with Gasteiger partial charge in [-0.25, -0.2) is 0 Å². The van der Waals surface area contributed by atoms with Gasteiger partial charge in [0.25, 0.3) is 5.22 Å². The summed E-state index contributed by atoms with van der Waals surface area (Å²) in [6, 6.07) is 7.20. The zero-order valence-corrected chi connectivity index (χ0v) is 14.5. The summed E-state index contributed by atoms with van der Waals surface area (Å²) < 4.78 is 5.65. The summed E-state index contributed by atoms with van der Waals surface area (Å²) in [7, 11) is 3.48. The zero-order chi connectivity index (χ0) is 16.3. The molecule has 0 aliphatic heterocycles. The van der Waals surface area contributed by atoms with Gasteiger partial charge in [0.05, 0.1) is 5.25 Å². The maximum absolute atomic E-state index is 12.2. The van der Waals surface area contributed by atoms with Crippen LogP contribution in [0.5, 0.6) is 0 Å². The van der Waals surface area contributed by atoms with Crippen molar-refractivity contribution in [2.75, 3.05) is 14.1 Å². The molecule has 0 bridgehead atoms. The van der Waals surface area contributed by atoms with Crippen molar-refractivity contribution >= 4 is 29.3 Å². The van der Waals surface area contributed by atoms with Crippen molar-refractivity contribution < 1.29 is 9.21 Å². The Kier molecular flexibility index (Phi) is 5.47. The Balaban J connectivity index is 2.19. The van der Waals surface area contributed by atoms with Crippen LogP contribution in [0.25, 0.3) is 11.5 Å². The number of hydrogen-bond acceptors (Lipinski definition) is 5. The molecule has 0 N–H and O–H groups in total. The van der Waals surface area contributed by atoms with Crippen molar-refractivity contribution in [1.29, 1.82) is 0 Å². The van der Waals surface area contributed by atoms with Crippen molar-refractivity contribution in [3.8, 4) is 11.5 Å². The first kappa shape index (κ1) is 16.8. The molecule has 1 amide bonds. The standard InChI is InChI=1S/C15H18ClN3O2S/c1-9(2)12(14(20)19(3)4)22-15-18-17-13(21-15)10-6-5-7-11(16)8-10/h5-9,12H,1-4H3/t12-/m0/s1. The number of nitrogens with zero attached hydrogens (tertiary/aromatic N) is 3. The quantitative estimate of drug-likeness (QED) is 0.779. The van der Waals surface area contributed by atoms with E-state index in [0.29, 0.717) is 16.1 Å². The highest BCUT2D eigenvalue weighted by molar-refractivity contribution is 8.00. The lowest BCUT2D eigenvalue weighted by atomic mass is 10.1. The van der Waals surface area contributed by atoms with Gasteiger partial charge in [-0.2, -0.15) is 0 Å². The van der Waals surface area contributed by atoms with Crippen molar-refractivity contribution in [1.82, 2.24) is 15.1 Å². The number of benzene rings is 1. The van der Waals surface area contributed by atoms with E-state index in [1.165, 1.54) is 11.8 Å². The first-order valence-electron chi connectivity index (χ1n) is 6.85. The molecule has 0 unspecified atom stereocenters. The largest absolute Gasteiger partial charge is 0.411 e. The second kappa shape index (κ2) is 7.15. The molecule has 7 heteroatoms. The van der Waals surface area contributed by atoms with Crippen LogP contribution in [0.1, 0.15) is 13.8 Å². The molecule has 1 atom stereocenters. The van der Waals surface area contributed by atoms with Crippen molar-refractivity contribution in [2.24, 2.45) is 5.92 Å². The summed E-state index contributed by atoms with van der Waals surface area (Å²) in [5.41, 5.74) is 0.756. The van der Waals surface area contributed by atoms with Gasteiger partial charge in [0.2, 0.25) is 11.8 Å². The third-order valence-corrected chi connectivity index (χ3v) is 4.60. The van der Waals surface area contributed by atoms with Gasteiger partial charge in [0, 0.05) is 24.7 Å². The molecule has 0 aliphatic carbocycles. The fourth-order valence-electron chi connectivity index (χ4n) is 1.83. The van der Waals surface area contributed by atoms with Crippen molar-refractivity contribution in [3.05, 3.63) is 29.3 Å². The highest BCUT2D eigenvalue weighted by Crippen LogP contribution is 2.31. The van der Waals surface area contributed by atoms with E-state index in [4.69, 9.17) is 16.0 Å². The fraction of sp³-hybridized carbons (Fsp3) is 0.400. The van der Waals surface area contributed by atoms with Gasteiger partial charge in [-0.3, -0.25) is 4.79 Å². The van der Waals surface area contributed by atoms with E-state index in [-0.39, 0.29) is 17.1 Å². The molecule has 2 rings (SSSR count). The van der Waals surface area contributed by atoms with Crippen LogP contribution in [-0.2, 0) is 4.79 Å². The van der Waals surface area contributed by atoms with Crippen molar-refractivity contribution in [2.45, 2.75) is 24.3 Å². The average molecular weight is 340 g/mol. The molecule has 0 spiro atoms. The number of aromatic nitrogens is 2. The third-order valence-electron chi connectivity index (χ3n) is 3.00. The van der Waals surface area contributed by atoms with E-state index in [0.717, 1.165) is 5.56 Å². The van der Waals surface area contributed by atoms with Crippen molar-refractivity contribution in [3.63, 3.8) is 0 Å². The monoisotopic (exact) mass is 339 g/mol. The zero-order valence-electron chi connectivity index (χ0n) is 12.9. The Bertz CT molecular complexity index is 658. The molecule has 1 aromatic carbocycles. The molecule has 0 radical (unpaired) electrons. The maximum Gasteiger partial charge on any atom is 0.277 e. The van der Waals surface area contributed by atoms with Gasteiger partial charge in [0.1, 0.15) is 0 Å². The van der Waals surface area contributed by atoms with Crippen LogP contribution in [0.2, 0.25) is 5.02 Å². The summed E-state index contributed by atoms with van der Waals surface area (Å²) in [6.45, 7) is 3.99. The number of hydrogen-bond donors (Lipinski definition) is 0. The van der Waals surface area contributed by atoms with Crippen LogP contribution in [0, 0.1) is 5.92 Å². The second-order valence-electron chi connectivity index (χ2n) is 5.40. The van der Waals surface area contributed by atoms with E-state index in [1.54, 1.807) is 31.1 Å². The van der Waals surface area contributed by atoms with E-state index in [9.17, 15) is 4.79 Å². The molecule has 0 saturated heterocycles. The van der Waals surface area contributed by atoms with Crippen LogP contribution in [0.15, 0.2) is 33.9 Å². The number of carbonyl (C=O) groups excluding carboxylic acids is 1. The number of rotatable bonds is 5. The highest BCUT2D eigenvalue weighted by Gasteiger charge is 2.27. The third kappa shape index (κ3) is 4.01. The number of carbonyl (C=O) groups is 1. The smallest absolute Gasteiger partial charge is 0.277 e. The number of thioether (sulfide) groups is 1. The number of amides is 1. The SMILES string of the molecule is CC(C)[C@H](Sc1nnc(-c2cccc(Cl)c2)o1)C(=O)N(C)C. The van der Waals surface area contributed by atoms with Gasteiger partial charge in [-0.1, -0.05) is 43.3 Å². The van der Waals surface area contributed by atoms with Crippen LogP contribution >= 0.6 is 23.4 Å². The second-order valence-corrected chi connectivity index (χ2v) is 6.93. The van der Waals surface area contributed by atoms with E-state index in [1.807, 2.05) is 26.0 Å². The Hall–Kier alpha value is -1.53. The highest BCUT2D eigenvalue weighted by atomic mass is 35.5. The summed E-state index contributed by atoms with van der Waals surface area (Å²) in [6.07, 6.45) is 0. The van der Waals surface area contributed by atoms with Crippen LogP contribution in [0.4, 0.5) is 0 Å². The Labute approximate surface area is 139 Å². The van der Waals surface area contributed by atoms with Gasteiger partial charge in [-0.15, -0.1) is 10.2 Å². The molecular formula is C15H18ClN3O2S. The molecule has 1 heterocycles. The first-order chi connectivity index (χ1) is 10.4. The average Bonchev–Trinajstić information content (AvgIpc) is 2.92. The van der Waals surface area contributed by atoms with E-state index in [2.05, 4.69) is 10.2 Å². The van der Waals surface area contributed by atoms with Crippen LogP contribution in [0.3, 0.4) is 0 Å². The minimum Gasteiger partial charge on any atom is -0.411 e. The molecule has 0 aliphatic rings. The molecule has 118 valence electrons.